The fraction of sp³-hybridized carbons (Fsp3) is 0. The molecule has 1 N–H and O–H groups in total. The minimum Gasteiger partial charge on any atom is -0.508 e. The summed E-state index contributed by atoms with van der Waals surface area (Å²) in [6.45, 7) is 0. The Morgan fingerprint density at radius 2 is 1.95 bits per heavy atom. The van der Waals surface area contributed by atoms with Crippen LogP contribution < -0.4 is 0 Å². The van der Waals surface area contributed by atoms with Gasteiger partial charge in [0.25, 0.3) is 5.69 Å². The lowest BCUT2D eigenvalue weighted by Crippen LogP contribution is -2.02. The number of nitro groups is 1. The van der Waals surface area contributed by atoms with Crippen LogP contribution in [0.3, 0.4) is 0 Å². The molecule has 2 rings (SSSR count). The normalized spacial score (nSPS) is 10.5. The van der Waals surface area contributed by atoms with Crippen molar-refractivity contribution in [1.82, 2.24) is 0 Å². The predicted molar refractivity (Wildman–Crippen MR) is 74.2 cm³/mol. The minimum absolute atomic E-state index is 0.0343. The van der Waals surface area contributed by atoms with Gasteiger partial charge in [-0.2, -0.15) is 0 Å². The summed E-state index contributed by atoms with van der Waals surface area (Å²) in [6.07, 6.45) is 1.29. The summed E-state index contributed by atoms with van der Waals surface area (Å²) in [5, 5.41) is 23.2. The van der Waals surface area contributed by atoms with Gasteiger partial charge in [-0.3, -0.25) is 10.1 Å². The Balaban J connectivity index is 2.03. The molecule has 0 aliphatic carbocycles. The second kappa shape index (κ2) is 6.29. The molecule has 0 heterocycles. The summed E-state index contributed by atoms with van der Waals surface area (Å²) in [6, 6.07) is 11.3. The van der Waals surface area contributed by atoms with Gasteiger partial charge in [-0.1, -0.05) is 11.2 Å². The van der Waals surface area contributed by atoms with Crippen molar-refractivity contribution in [1.29, 1.82) is 0 Å². The third-order valence-electron chi connectivity index (χ3n) is 2.52. The quantitative estimate of drug-likeness (QED) is 0.402. The second-order valence-corrected chi connectivity index (χ2v) is 4.01. The SMILES string of the molecule is O=C(ON=Cc1ccc(O)cc1)c1cccc([N+](=O)[O-])c1. The third kappa shape index (κ3) is 3.87. The van der Waals surface area contributed by atoms with E-state index in [9.17, 15) is 14.9 Å². The van der Waals surface area contributed by atoms with Crippen LogP contribution in [0.5, 0.6) is 5.75 Å². The van der Waals surface area contributed by atoms with E-state index < -0.39 is 10.9 Å². The molecule has 2 aromatic rings. The number of phenols is 1. The molecule has 0 aliphatic rings. The van der Waals surface area contributed by atoms with Crippen LogP contribution in [0.25, 0.3) is 0 Å². The Hall–Kier alpha value is -3.22. The number of phenolic OH excluding ortho intramolecular Hbond substituents is 1. The molecular weight excluding hydrogens is 276 g/mol. The summed E-state index contributed by atoms with van der Waals surface area (Å²) in [5.74, 6) is -0.686. The van der Waals surface area contributed by atoms with E-state index in [4.69, 9.17) is 5.11 Å². The maximum atomic E-state index is 11.7. The van der Waals surface area contributed by atoms with Gasteiger partial charge in [0.1, 0.15) is 5.75 Å². The molecule has 0 saturated carbocycles. The third-order valence-corrected chi connectivity index (χ3v) is 2.52. The molecule has 7 nitrogen and oxygen atoms in total. The van der Waals surface area contributed by atoms with Crippen LogP contribution in [0.1, 0.15) is 15.9 Å². The number of hydrogen-bond acceptors (Lipinski definition) is 6. The molecule has 0 aromatic heterocycles. The zero-order chi connectivity index (χ0) is 15.2. The van der Waals surface area contributed by atoms with Crippen LogP contribution >= 0.6 is 0 Å². The van der Waals surface area contributed by atoms with E-state index in [1.165, 1.54) is 36.5 Å². The maximum absolute atomic E-state index is 11.7. The average Bonchev–Trinajstić information content (AvgIpc) is 2.49. The first kappa shape index (κ1) is 14.2. The molecule has 0 fully saturated rings. The van der Waals surface area contributed by atoms with Crippen LogP contribution in [-0.4, -0.2) is 22.2 Å². The summed E-state index contributed by atoms with van der Waals surface area (Å²) >= 11 is 0. The van der Waals surface area contributed by atoms with E-state index in [1.54, 1.807) is 12.1 Å². The summed E-state index contributed by atoms with van der Waals surface area (Å²) in [7, 11) is 0. The largest absolute Gasteiger partial charge is 0.508 e. The fourth-order valence-corrected chi connectivity index (χ4v) is 1.49. The lowest BCUT2D eigenvalue weighted by atomic mass is 10.2. The number of hydrogen-bond donors (Lipinski definition) is 1. The van der Waals surface area contributed by atoms with Crippen LogP contribution in [-0.2, 0) is 4.84 Å². The number of non-ortho nitro benzene ring substituents is 1. The van der Waals surface area contributed by atoms with Gasteiger partial charge in [-0.15, -0.1) is 0 Å². The Kier molecular flexibility index (Phi) is 4.25. The molecule has 0 atom stereocenters. The van der Waals surface area contributed by atoms with Gasteiger partial charge in [0.15, 0.2) is 0 Å². The molecule has 0 aliphatic heterocycles. The predicted octanol–water partition coefficient (Wildman–Crippen LogP) is 2.49. The molecule has 0 saturated heterocycles. The number of aromatic hydroxyl groups is 1. The molecule has 0 bridgehead atoms. The molecular formula is C14H10N2O5. The first-order valence-corrected chi connectivity index (χ1v) is 5.84. The topological polar surface area (TPSA) is 102 Å². The molecule has 7 heteroatoms. The molecule has 0 amide bonds. The molecule has 0 radical (unpaired) electrons. The van der Waals surface area contributed by atoms with E-state index in [0.29, 0.717) is 5.56 Å². The van der Waals surface area contributed by atoms with Crippen molar-refractivity contribution in [2.75, 3.05) is 0 Å². The van der Waals surface area contributed by atoms with Crippen LogP contribution in [0.15, 0.2) is 53.7 Å². The highest BCUT2D eigenvalue weighted by atomic mass is 16.7. The van der Waals surface area contributed by atoms with E-state index in [2.05, 4.69) is 9.99 Å². The number of carbonyl (C=O) groups excluding carboxylic acids is 1. The summed E-state index contributed by atoms with van der Waals surface area (Å²) < 4.78 is 0. The van der Waals surface area contributed by atoms with E-state index in [0.717, 1.165) is 6.07 Å². The molecule has 0 spiro atoms. The van der Waals surface area contributed by atoms with Crippen molar-refractivity contribution < 1.29 is 19.7 Å². The van der Waals surface area contributed by atoms with Gasteiger partial charge < -0.3 is 9.94 Å². The van der Waals surface area contributed by atoms with Gasteiger partial charge in [0.05, 0.1) is 16.7 Å². The van der Waals surface area contributed by atoms with Gasteiger partial charge >= 0.3 is 5.97 Å². The van der Waals surface area contributed by atoms with Crippen LogP contribution in [0, 0.1) is 10.1 Å². The highest BCUT2D eigenvalue weighted by Crippen LogP contribution is 2.14. The smallest absolute Gasteiger partial charge is 0.365 e. The van der Waals surface area contributed by atoms with E-state index in [-0.39, 0.29) is 17.0 Å². The van der Waals surface area contributed by atoms with Crippen molar-refractivity contribution in [3.05, 3.63) is 69.8 Å². The van der Waals surface area contributed by atoms with Crippen molar-refractivity contribution in [3.8, 4) is 5.75 Å². The monoisotopic (exact) mass is 286 g/mol. The molecule has 106 valence electrons. The first-order valence-electron chi connectivity index (χ1n) is 5.84. The van der Waals surface area contributed by atoms with Crippen LogP contribution in [0.4, 0.5) is 5.69 Å². The lowest BCUT2D eigenvalue weighted by Gasteiger charge is -1.98. The number of nitrogens with zero attached hydrogens (tertiary/aromatic N) is 2. The standard InChI is InChI=1S/C14H10N2O5/c17-13-6-4-10(5-7-13)9-15-21-14(18)11-2-1-3-12(8-11)16(19)20/h1-9,17H. The van der Waals surface area contributed by atoms with Gasteiger partial charge in [-0.25, -0.2) is 4.79 Å². The molecule has 0 unspecified atom stereocenters. The Morgan fingerprint density at radius 1 is 1.24 bits per heavy atom. The number of oxime groups is 1. The van der Waals surface area contributed by atoms with Crippen molar-refractivity contribution in [3.63, 3.8) is 0 Å². The van der Waals surface area contributed by atoms with Gasteiger partial charge in [0.2, 0.25) is 0 Å². The number of carbonyl (C=O) groups is 1. The summed E-state index contributed by atoms with van der Waals surface area (Å²) in [4.78, 5) is 26.3. The Bertz CT molecular complexity index is 695. The number of nitro benzene ring substituents is 1. The Labute approximate surface area is 119 Å². The second-order valence-electron chi connectivity index (χ2n) is 4.01. The highest BCUT2D eigenvalue weighted by molar-refractivity contribution is 5.90. The average molecular weight is 286 g/mol. The first-order chi connectivity index (χ1) is 10.1. The van der Waals surface area contributed by atoms with Crippen molar-refractivity contribution in [2.24, 2.45) is 5.16 Å². The zero-order valence-corrected chi connectivity index (χ0v) is 10.7. The molecule has 21 heavy (non-hydrogen) atoms. The zero-order valence-electron chi connectivity index (χ0n) is 10.7. The maximum Gasteiger partial charge on any atom is 0.365 e. The van der Waals surface area contributed by atoms with E-state index >= 15 is 0 Å². The van der Waals surface area contributed by atoms with Gasteiger partial charge in [-0.05, 0) is 35.9 Å². The van der Waals surface area contributed by atoms with Crippen molar-refractivity contribution >= 4 is 17.9 Å². The van der Waals surface area contributed by atoms with Crippen LogP contribution in [0.2, 0.25) is 0 Å². The minimum atomic E-state index is -0.797. The number of benzene rings is 2. The van der Waals surface area contributed by atoms with Gasteiger partial charge in [0, 0.05) is 12.1 Å². The molecule has 2 aromatic carbocycles. The van der Waals surface area contributed by atoms with E-state index in [1.807, 2.05) is 0 Å². The lowest BCUT2D eigenvalue weighted by molar-refractivity contribution is -0.384. The Morgan fingerprint density at radius 3 is 2.62 bits per heavy atom. The number of rotatable bonds is 4. The fourth-order valence-electron chi connectivity index (χ4n) is 1.49. The highest BCUT2D eigenvalue weighted by Gasteiger charge is 2.12. The van der Waals surface area contributed by atoms with Crippen molar-refractivity contribution in [2.45, 2.75) is 0 Å². The summed E-state index contributed by atoms with van der Waals surface area (Å²) in [5.41, 5.74) is 0.457.